The van der Waals surface area contributed by atoms with Gasteiger partial charge < -0.3 is 30.9 Å². The summed E-state index contributed by atoms with van der Waals surface area (Å²) in [5, 5.41) is 22.3. The molecule has 2 amide bonds. The third kappa shape index (κ3) is 5.58. The van der Waals surface area contributed by atoms with Crippen molar-refractivity contribution in [3.63, 3.8) is 0 Å². The Labute approximate surface area is 191 Å². The summed E-state index contributed by atoms with van der Waals surface area (Å²) in [7, 11) is -1.46. The van der Waals surface area contributed by atoms with Crippen LogP contribution in [0.5, 0.6) is 0 Å². The van der Waals surface area contributed by atoms with E-state index in [0.29, 0.717) is 37.3 Å². The summed E-state index contributed by atoms with van der Waals surface area (Å²) in [6.45, 7) is 3.15. The SMILES string of the molecule is CC[C@H](NC(=O)[C@@H]1CCCN1C(=O)[C@@H](N)C1CCCCC1)C(=S)N1CCC[C@H]1B(O)O. The molecule has 0 aromatic carbocycles. The molecule has 174 valence electrons. The monoisotopic (exact) mass is 452 g/mol. The van der Waals surface area contributed by atoms with Crippen molar-refractivity contribution in [2.24, 2.45) is 11.7 Å². The van der Waals surface area contributed by atoms with E-state index >= 15 is 0 Å². The van der Waals surface area contributed by atoms with E-state index in [4.69, 9.17) is 18.0 Å². The summed E-state index contributed by atoms with van der Waals surface area (Å²) in [6.07, 6.45) is 8.90. The van der Waals surface area contributed by atoms with Gasteiger partial charge in [0.05, 0.1) is 18.0 Å². The Balaban J connectivity index is 1.62. The number of carbonyl (C=O) groups excluding carboxylic acids is 2. The van der Waals surface area contributed by atoms with Crippen molar-refractivity contribution in [2.75, 3.05) is 13.1 Å². The summed E-state index contributed by atoms with van der Waals surface area (Å²) in [6, 6.07) is -1.43. The lowest BCUT2D eigenvalue weighted by atomic mass is 9.78. The number of nitrogens with zero attached hydrogens (tertiary/aromatic N) is 2. The number of likely N-dealkylation sites (tertiary alicyclic amines) is 2. The molecule has 1 aliphatic carbocycles. The Morgan fingerprint density at radius 2 is 1.71 bits per heavy atom. The van der Waals surface area contributed by atoms with Crippen molar-refractivity contribution >= 4 is 36.1 Å². The molecule has 3 fully saturated rings. The second-order valence-electron chi connectivity index (χ2n) is 9.24. The largest absolute Gasteiger partial charge is 0.475 e. The number of amides is 2. The second kappa shape index (κ2) is 11.1. The van der Waals surface area contributed by atoms with Crippen molar-refractivity contribution < 1.29 is 19.6 Å². The predicted molar refractivity (Wildman–Crippen MR) is 124 cm³/mol. The van der Waals surface area contributed by atoms with Gasteiger partial charge in [0.1, 0.15) is 11.0 Å². The highest BCUT2D eigenvalue weighted by molar-refractivity contribution is 7.80. The molecule has 0 bridgehead atoms. The lowest BCUT2D eigenvalue weighted by Crippen LogP contribution is -2.57. The molecule has 0 spiro atoms. The van der Waals surface area contributed by atoms with Crippen molar-refractivity contribution in [1.82, 2.24) is 15.1 Å². The van der Waals surface area contributed by atoms with E-state index in [0.717, 1.165) is 38.5 Å². The van der Waals surface area contributed by atoms with Gasteiger partial charge in [-0.15, -0.1) is 0 Å². The van der Waals surface area contributed by atoms with Gasteiger partial charge in [0, 0.05) is 13.1 Å². The molecule has 0 aromatic heterocycles. The second-order valence-corrected chi connectivity index (χ2v) is 9.66. The Morgan fingerprint density at radius 3 is 2.35 bits per heavy atom. The molecule has 1 saturated carbocycles. The highest BCUT2D eigenvalue weighted by Gasteiger charge is 2.41. The first-order chi connectivity index (χ1) is 14.8. The van der Waals surface area contributed by atoms with E-state index in [9.17, 15) is 19.6 Å². The predicted octanol–water partition coefficient (Wildman–Crippen LogP) is 0.584. The Morgan fingerprint density at radius 1 is 1.06 bits per heavy atom. The molecule has 10 heteroatoms. The van der Waals surface area contributed by atoms with Gasteiger partial charge in [-0.3, -0.25) is 9.59 Å². The maximum atomic E-state index is 13.1. The van der Waals surface area contributed by atoms with E-state index in [1.165, 1.54) is 6.42 Å². The number of hydrogen-bond acceptors (Lipinski definition) is 6. The molecule has 2 heterocycles. The minimum absolute atomic E-state index is 0.108. The number of hydrogen-bond donors (Lipinski definition) is 4. The lowest BCUT2D eigenvalue weighted by Gasteiger charge is -2.34. The van der Waals surface area contributed by atoms with E-state index in [1.807, 2.05) is 11.8 Å². The van der Waals surface area contributed by atoms with Gasteiger partial charge >= 0.3 is 7.12 Å². The van der Waals surface area contributed by atoms with Crippen LogP contribution in [-0.2, 0) is 9.59 Å². The van der Waals surface area contributed by atoms with Crippen LogP contribution in [0.1, 0.15) is 71.1 Å². The lowest BCUT2D eigenvalue weighted by molar-refractivity contribution is -0.140. The number of rotatable bonds is 7. The van der Waals surface area contributed by atoms with Crippen molar-refractivity contribution in [1.29, 1.82) is 0 Å². The van der Waals surface area contributed by atoms with Crippen molar-refractivity contribution in [3.05, 3.63) is 0 Å². The zero-order valence-corrected chi connectivity index (χ0v) is 19.4. The molecule has 0 aromatic rings. The van der Waals surface area contributed by atoms with Crippen LogP contribution in [0.2, 0.25) is 0 Å². The first-order valence-electron chi connectivity index (χ1n) is 11.9. The molecule has 4 atom stereocenters. The molecule has 3 aliphatic rings. The van der Waals surface area contributed by atoms with Gasteiger partial charge in [-0.1, -0.05) is 38.4 Å². The fraction of sp³-hybridized carbons (Fsp3) is 0.857. The van der Waals surface area contributed by atoms with Crippen LogP contribution in [0.3, 0.4) is 0 Å². The molecule has 2 saturated heterocycles. The van der Waals surface area contributed by atoms with Gasteiger partial charge in [-0.2, -0.15) is 0 Å². The van der Waals surface area contributed by atoms with Gasteiger partial charge in [-0.25, -0.2) is 0 Å². The molecule has 2 aliphatic heterocycles. The number of carbonyl (C=O) groups is 2. The maximum Gasteiger partial charge on any atom is 0.475 e. The highest BCUT2D eigenvalue weighted by atomic mass is 32.1. The molecular formula is C21H37BN4O4S. The smallest absolute Gasteiger partial charge is 0.426 e. The van der Waals surface area contributed by atoms with E-state index in [-0.39, 0.29) is 23.8 Å². The highest BCUT2D eigenvalue weighted by Crippen LogP contribution is 2.28. The molecule has 31 heavy (non-hydrogen) atoms. The zero-order chi connectivity index (χ0) is 22.5. The Kier molecular flexibility index (Phi) is 8.72. The van der Waals surface area contributed by atoms with Gasteiger partial charge in [0.25, 0.3) is 0 Å². The summed E-state index contributed by atoms with van der Waals surface area (Å²) < 4.78 is 0. The summed E-state index contributed by atoms with van der Waals surface area (Å²) in [5.74, 6) is -0.533. The van der Waals surface area contributed by atoms with E-state index in [2.05, 4.69) is 5.32 Å². The van der Waals surface area contributed by atoms with Gasteiger partial charge in [-0.05, 0) is 50.9 Å². The third-order valence-electron chi connectivity index (χ3n) is 7.23. The topological polar surface area (TPSA) is 119 Å². The van der Waals surface area contributed by atoms with Crippen LogP contribution in [0.25, 0.3) is 0 Å². The van der Waals surface area contributed by atoms with Crippen LogP contribution >= 0.6 is 12.2 Å². The fourth-order valence-electron chi connectivity index (χ4n) is 5.37. The van der Waals surface area contributed by atoms with Crippen LogP contribution < -0.4 is 11.1 Å². The number of thiocarbonyl (C=S) groups is 1. The molecule has 0 radical (unpaired) electrons. The minimum Gasteiger partial charge on any atom is -0.426 e. The van der Waals surface area contributed by atoms with E-state index < -0.39 is 25.1 Å². The van der Waals surface area contributed by atoms with Crippen LogP contribution in [0.15, 0.2) is 0 Å². The standard InChI is InChI=1S/C21H37BN4O4S/c1-2-15(21(31)26-13-7-11-17(26)22(29)30)24-19(27)16-10-6-12-25(16)20(28)18(23)14-8-4-3-5-9-14/h14-18,29-30H,2-13,23H2,1H3,(H,24,27)/t15-,16-,17-,18-/m0/s1. The summed E-state index contributed by atoms with van der Waals surface area (Å²) in [5.41, 5.74) is 6.34. The Bertz CT molecular complexity index is 661. The summed E-state index contributed by atoms with van der Waals surface area (Å²) >= 11 is 5.62. The van der Waals surface area contributed by atoms with Crippen LogP contribution in [-0.4, -0.2) is 80.9 Å². The minimum atomic E-state index is -1.46. The van der Waals surface area contributed by atoms with Gasteiger partial charge in [0.2, 0.25) is 11.8 Å². The molecule has 0 unspecified atom stereocenters. The quantitative estimate of drug-likeness (QED) is 0.330. The van der Waals surface area contributed by atoms with E-state index in [1.54, 1.807) is 4.90 Å². The zero-order valence-electron chi connectivity index (χ0n) is 18.5. The first kappa shape index (κ1) is 24.4. The third-order valence-corrected chi connectivity index (χ3v) is 7.75. The van der Waals surface area contributed by atoms with Gasteiger partial charge in [0.15, 0.2) is 0 Å². The van der Waals surface area contributed by atoms with Crippen molar-refractivity contribution in [2.45, 2.75) is 95.2 Å². The van der Waals surface area contributed by atoms with Crippen LogP contribution in [0, 0.1) is 5.92 Å². The first-order valence-corrected chi connectivity index (χ1v) is 12.3. The normalized spacial score (nSPS) is 26.6. The Hall–Kier alpha value is -1.23. The number of nitrogens with one attached hydrogen (secondary N) is 1. The average molecular weight is 452 g/mol. The molecule has 3 rings (SSSR count). The molecular weight excluding hydrogens is 415 g/mol. The van der Waals surface area contributed by atoms with Crippen molar-refractivity contribution in [3.8, 4) is 0 Å². The summed E-state index contributed by atoms with van der Waals surface area (Å²) in [4.78, 5) is 30.3. The maximum absolute atomic E-state index is 13.1. The number of nitrogens with two attached hydrogens (primary N) is 1. The molecule has 5 N–H and O–H groups in total. The van der Waals surface area contributed by atoms with Crippen LogP contribution in [0.4, 0.5) is 0 Å². The fourth-order valence-corrected chi connectivity index (χ4v) is 5.82. The molecule has 8 nitrogen and oxygen atoms in total. The average Bonchev–Trinajstić information content (AvgIpc) is 3.46.